The lowest BCUT2D eigenvalue weighted by Gasteiger charge is -2.38. The molecule has 3 aromatic heterocycles. The fourth-order valence-electron chi connectivity index (χ4n) is 6.10. The number of amides is 1. The maximum Gasteiger partial charge on any atom is 0.232 e. The van der Waals surface area contributed by atoms with Crippen LogP contribution in [-0.4, -0.2) is 51.3 Å². The van der Waals surface area contributed by atoms with Crippen molar-refractivity contribution in [3.63, 3.8) is 0 Å². The zero-order chi connectivity index (χ0) is 22.9. The second-order valence-electron chi connectivity index (χ2n) is 10.7. The van der Waals surface area contributed by atoms with Crippen LogP contribution in [0, 0.1) is 29.1 Å². The molecule has 1 unspecified atom stereocenters. The van der Waals surface area contributed by atoms with Gasteiger partial charge in [-0.05, 0) is 55.4 Å². The van der Waals surface area contributed by atoms with Crippen LogP contribution in [0.2, 0.25) is 0 Å². The van der Waals surface area contributed by atoms with E-state index in [1.165, 1.54) is 11.3 Å². The quantitative estimate of drug-likeness (QED) is 0.633. The Hall–Kier alpha value is -2.74. The summed E-state index contributed by atoms with van der Waals surface area (Å²) < 4.78 is 5.50. The Morgan fingerprint density at radius 1 is 1.21 bits per heavy atom. The monoisotopic (exact) mass is 448 g/mol. The summed E-state index contributed by atoms with van der Waals surface area (Å²) in [4.78, 5) is 27.9. The molecule has 2 fully saturated rings. The SMILES string of the molecule is C[C@H]1C2Cc3c(-c4nc5ncc(N(C)C(=O)C(C)(C)C6CCOCC6)cc5[nH]4)n[nH]c3C[C@H]21. The molecule has 33 heavy (non-hydrogen) atoms. The van der Waals surface area contributed by atoms with Crippen LogP contribution in [0.1, 0.15) is 44.9 Å². The molecule has 6 rings (SSSR count). The molecule has 1 saturated heterocycles. The summed E-state index contributed by atoms with van der Waals surface area (Å²) in [7, 11) is 1.83. The first-order valence-corrected chi connectivity index (χ1v) is 12.1. The Bertz CT molecular complexity index is 1220. The maximum atomic E-state index is 13.4. The molecular weight excluding hydrogens is 416 g/mol. The van der Waals surface area contributed by atoms with Crippen LogP contribution in [0.4, 0.5) is 5.69 Å². The van der Waals surface area contributed by atoms with E-state index < -0.39 is 5.41 Å². The van der Waals surface area contributed by atoms with Crippen molar-refractivity contribution >= 4 is 22.8 Å². The summed E-state index contributed by atoms with van der Waals surface area (Å²) in [5, 5.41) is 7.84. The standard InChI is InChI=1S/C25H32N6O2/c1-13-16-10-18-19(11-17(13)16)29-30-21(18)23-27-20-9-15(12-26-22(20)28-23)31(4)24(32)25(2,3)14-5-7-33-8-6-14/h9,12-14,16-17H,5-8,10-11H2,1-4H3,(H,29,30)(H,26,27,28)/t13-,16?,17-/m0/s1. The molecule has 3 atom stereocenters. The fraction of sp³-hybridized carbons (Fsp3) is 0.600. The summed E-state index contributed by atoms with van der Waals surface area (Å²) in [5.74, 6) is 3.55. The van der Waals surface area contributed by atoms with Crippen LogP contribution in [-0.2, 0) is 22.4 Å². The molecule has 3 aliphatic rings. The van der Waals surface area contributed by atoms with Gasteiger partial charge in [-0.2, -0.15) is 5.10 Å². The normalized spacial score (nSPS) is 25.0. The van der Waals surface area contributed by atoms with Crippen molar-refractivity contribution in [1.82, 2.24) is 25.1 Å². The largest absolute Gasteiger partial charge is 0.381 e. The Morgan fingerprint density at radius 2 is 1.97 bits per heavy atom. The van der Waals surface area contributed by atoms with Gasteiger partial charge in [-0.1, -0.05) is 20.8 Å². The van der Waals surface area contributed by atoms with Crippen LogP contribution in [0.3, 0.4) is 0 Å². The Labute approximate surface area is 193 Å². The van der Waals surface area contributed by atoms with Gasteiger partial charge in [0.05, 0.1) is 17.4 Å². The first-order valence-electron chi connectivity index (χ1n) is 12.1. The van der Waals surface area contributed by atoms with Gasteiger partial charge in [-0.3, -0.25) is 9.89 Å². The fourth-order valence-corrected chi connectivity index (χ4v) is 6.10. The highest BCUT2D eigenvalue weighted by molar-refractivity contribution is 5.98. The molecule has 174 valence electrons. The van der Waals surface area contributed by atoms with Gasteiger partial charge < -0.3 is 14.6 Å². The number of anilines is 1. The van der Waals surface area contributed by atoms with Crippen molar-refractivity contribution in [3.8, 4) is 11.5 Å². The minimum Gasteiger partial charge on any atom is -0.381 e. The number of aromatic nitrogens is 5. The van der Waals surface area contributed by atoms with E-state index in [9.17, 15) is 4.79 Å². The number of nitrogens with zero attached hydrogens (tertiary/aromatic N) is 4. The van der Waals surface area contributed by atoms with E-state index in [1.54, 1.807) is 11.1 Å². The van der Waals surface area contributed by atoms with Crippen LogP contribution in [0.5, 0.6) is 0 Å². The molecule has 0 radical (unpaired) electrons. The number of carbonyl (C=O) groups excluding carboxylic acids is 1. The smallest absolute Gasteiger partial charge is 0.232 e. The van der Waals surface area contributed by atoms with Crippen molar-refractivity contribution in [1.29, 1.82) is 0 Å². The molecule has 0 aromatic carbocycles. The summed E-state index contributed by atoms with van der Waals surface area (Å²) in [6.07, 6.45) is 5.74. The number of H-pyrrole nitrogens is 2. The second-order valence-corrected chi connectivity index (χ2v) is 10.7. The number of rotatable bonds is 4. The highest BCUT2D eigenvalue weighted by Gasteiger charge is 2.50. The van der Waals surface area contributed by atoms with Crippen LogP contribution in [0.15, 0.2) is 12.3 Å². The van der Waals surface area contributed by atoms with Gasteiger partial charge in [0.15, 0.2) is 11.5 Å². The molecule has 1 saturated carbocycles. The zero-order valence-corrected chi connectivity index (χ0v) is 19.8. The lowest BCUT2D eigenvalue weighted by Crippen LogP contribution is -2.44. The van der Waals surface area contributed by atoms with E-state index in [4.69, 9.17) is 9.72 Å². The molecule has 0 spiro atoms. The molecule has 3 aromatic rings. The predicted molar refractivity (Wildman–Crippen MR) is 126 cm³/mol. The summed E-state index contributed by atoms with van der Waals surface area (Å²) in [6.45, 7) is 7.91. The zero-order valence-electron chi connectivity index (χ0n) is 19.8. The minimum atomic E-state index is -0.460. The van der Waals surface area contributed by atoms with Crippen molar-refractivity contribution in [3.05, 3.63) is 23.5 Å². The van der Waals surface area contributed by atoms with Gasteiger partial charge in [-0.25, -0.2) is 9.97 Å². The Morgan fingerprint density at radius 3 is 2.76 bits per heavy atom. The molecule has 2 N–H and O–H groups in total. The van der Waals surface area contributed by atoms with Crippen LogP contribution >= 0.6 is 0 Å². The first-order chi connectivity index (χ1) is 15.8. The third-order valence-corrected chi connectivity index (χ3v) is 8.62. The van der Waals surface area contributed by atoms with Gasteiger partial charge in [0.1, 0.15) is 5.69 Å². The van der Waals surface area contributed by atoms with Crippen LogP contribution < -0.4 is 4.90 Å². The van der Waals surface area contributed by atoms with Gasteiger partial charge in [0.2, 0.25) is 5.91 Å². The summed E-state index contributed by atoms with van der Waals surface area (Å²) in [6, 6.07) is 1.97. The second kappa shape index (κ2) is 7.38. The van der Waals surface area contributed by atoms with E-state index >= 15 is 0 Å². The number of hydrogen-bond donors (Lipinski definition) is 2. The molecule has 4 heterocycles. The number of nitrogens with one attached hydrogen (secondary N) is 2. The van der Waals surface area contributed by atoms with E-state index in [2.05, 4.69) is 27.1 Å². The third kappa shape index (κ3) is 3.29. The molecule has 1 amide bonds. The number of hydrogen-bond acceptors (Lipinski definition) is 5. The molecular formula is C25H32N6O2. The number of imidazole rings is 1. The molecule has 2 aliphatic carbocycles. The van der Waals surface area contributed by atoms with Crippen molar-refractivity contribution in [2.45, 2.75) is 46.5 Å². The van der Waals surface area contributed by atoms with Crippen molar-refractivity contribution in [2.24, 2.45) is 29.1 Å². The number of aromatic amines is 2. The molecule has 8 nitrogen and oxygen atoms in total. The van der Waals surface area contributed by atoms with Gasteiger partial charge in [0, 0.05) is 36.9 Å². The Kier molecular flexibility index (Phi) is 4.66. The topological polar surface area (TPSA) is 99.8 Å². The van der Waals surface area contributed by atoms with E-state index in [0.717, 1.165) is 79.4 Å². The molecule has 0 bridgehead atoms. The van der Waals surface area contributed by atoms with E-state index in [-0.39, 0.29) is 5.91 Å². The van der Waals surface area contributed by atoms with E-state index in [1.807, 2.05) is 27.0 Å². The van der Waals surface area contributed by atoms with Crippen LogP contribution in [0.25, 0.3) is 22.7 Å². The number of pyridine rings is 1. The summed E-state index contributed by atoms with van der Waals surface area (Å²) in [5.41, 5.74) is 5.22. The number of carbonyl (C=O) groups is 1. The van der Waals surface area contributed by atoms with Crippen molar-refractivity contribution < 1.29 is 9.53 Å². The average molecular weight is 449 g/mol. The Balaban J connectivity index is 1.27. The highest BCUT2D eigenvalue weighted by Crippen LogP contribution is 2.54. The van der Waals surface area contributed by atoms with Gasteiger partial charge in [-0.15, -0.1) is 0 Å². The first kappa shape index (κ1) is 20.8. The summed E-state index contributed by atoms with van der Waals surface area (Å²) >= 11 is 0. The maximum absolute atomic E-state index is 13.4. The van der Waals surface area contributed by atoms with E-state index in [0.29, 0.717) is 11.6 Å². The third-order valence-electron chi connectivity index (χ3n) is 8.62. The number of fused-ring (bicyclic) bond motifs is 3. The van der Waals surface area contributed by atoms with Gasteiger partial charge in [0.25, 0.3) is 0 Å². The number of ether oxygens (including phenoxy) is 1. The van der Waals surface area contributed by atoms with Gasteiger partial charge >= 0.3 is 0 Å². The lowest BCUT2D eigenvalue weighted by atomic mass is 9.73. The average Bonchev–Trinajstić information content (AvgIpc) is 3.17. The highest BCUT2D eigenvalue weighted by atomic mass is 16.5. The predicted octanol–water partition coefficient (Wildman–Crippen LogP) is 3.74. The minimum absolute atomic E-state index is 0.102. The molecule has 1 aliphatic heterocycles. The molecule has 8 heteroatoms. The lowest BCUT2D eigenvalue weighted by molar-refractivity contribution is -0.131. The van der Waals surface area contributed by atoms with Crippen molar-refractivity contribution in [2.75, 3.05) is 25.2 Å².